The largest absolute Gasteiger partial charge is 0.507 e. The molecule has 0 atom stereocenters. The van der Waals surface area contributed by atoms with Crippen LogP contribution in [0, 0.1) is 20.2 Å². The molecule has 4 aromatic rings. The van der Waals surface area contributed by atoms with Crippen LogP contribution in [0.25, 0.3) is 0 Å². The second kappa shape index (κ2) is 11.2. The molecule has 2 aromatic carbocycles. The minimum absolute atomic E-state index is 0.158. The lowest BCUT2D eigenvalue weighted by molar-refractivity contribution is -0.385. The van der Waals surface area contributed by atoms with Gasteiger partial charge in [0.05, 0.1) is 9.85 Å². The molecule has 0 spiro atoms. The summed E-state index contributed by atoms with van der Waals surface area (Å²) in [5, 5.41) is 57.9. The summed E-state index contributed by atoms with van der Waals surface area (Å²) in [6.45, 7) is 0. The summed E-state index contributed by atoms with van der Waals surface area (Å²) in [6.07, 6.45) is 2.53. The van der Waals surface area contributed by atoms with Gasteiger partial charge in [-0.3, -0.25) is 20.2 Å². The summed E-state index contributed by atoms with van der Waals surface area (Å²) in [4.78, 5) is 28.8. The van der Waals surface area contributed by atoms with E-state index in [1.54, 1.807) is 0 Å². The average Bonchev–Trinajstić information content (AvgIpc) is 3.50. The molecular formula is C18H10N8O6S4. The predicted octanol–water partition coefficient (Wildman–Crippen LogP) is 4.92. The highest BCUT2D eigenvalue weighted by Crippen LogP contribution is 2.42. The molecular weight excluding hydrogens is 553 g/mol. The van der Waals surface area contributed by atoms with Crippen molar-refractivity contribution in [3.8, 4) is 11.5 Å². The molecule has 0 radical (unpaired) electrons. The standard InChI is InChI=1S/C18H10N8O6S4/c27-13-3-1-11(25(29)30)5-9(13)7-19-15-21-23-17(33-15)35-36-18-24-22-16(34-18)20-8-10-6-12(26(31)32)2-4-14(10)28/h1-8,27-28H/b19-7+,20-8+. The zero-order chi connectivity index (χ0) is 25.7. The van der Waals surface area contributed by atoms with Gasteiger partial charge in [0.2, 0.25) is 10.3 Å². The van der Waals surface area contributed by atoms with Crippen molar-refractivity contribution in [3.05, 3.63) is 67.8 Å². The topological polar surface area (TPSA) is 203 Å². The van der Waals surface area contributed by atoms with Crippen molar-refractivity contribution in [3.63, 3.8) is 0 Å². The molecule has 0 saturated heterocycles. The van der Waals surface area contributed by atoms with Crippen molar-refractivity contribution in [2.45, 2.75) is 8.68 Å². The van der Waals surface area contributed by atoms with E-state index in [1.807, 2.05) is 0 Å². The fourth-order valence-corrected chi connectivity index (χ4v) is 6.13. The van der Waals surface area contributed by atoms with E-state index >= 15 is 0 Å². The molecule has 0 fully saturated rings. The van der Waals surface area contributed by atoms with E-state index in [0.717, 1.165) is 22.7 Å². The van der Waals surface area contributed by atoms with Gasteiger partial charge in [-0.15, -0.1) is 20.4 Å². The molecule has 2 aromatic heterocycles. The monoisotopic (exact) mass is 562 g/mol. The fraction of sp³-hybridized carbons (Fsp3) is 0. The van der Waals surface area contributed by atoms with E-state index in [2.05, 4.69) is 30.4 Å². The third-order valence-corrected chi connectivity index (χ3v) is 8.66. The number of aliphatic imine (C=N–C) groups is 2. The lowest BCUT2D eigenvalue weighted by Crippen LogP contribution is -1.90. The quantitative estimate of drug-likeness (QED) is 0.121. The SMILES string of the molecule is O=[N+]([O-])c1ccc(O)c(/C=N/c2nnc(SSc3nnc(/N=C/c4cc([N+](=O)[O-])ccc4O)s3)s2)c1. The molecule has 36 heavy (non-hydrogen) atoms. The lowest BCUT2D eigenvalue weighted by Gasteiger charge is -1.97. The number of rotatable bonds is 9. The van der Waals surface area contributed by atoms with Gasteiger partial charge in [0.15, 0.2) is 8.68 Å². The molecule has 0 bridgehead atoms. The highest BCUT2D eigenvalue weighted by molar-refractivity contribution is 8.77. The highest BCUT2D eigenvalue weighted by Gasteiger charge is 2.12. The second-order valence-electron chi connectivity index (χ2n) is 6.38. The van der Waals surface area contributed by atoms with Crippen LogP contribution in [0.2, 0.25) is 0 Å². The van der Waals surface area contributed by atoms with Crippen molar-refractivity contribution in [1.29, 1.82) is 0 Å². The molecule has 0 aliphatic carbocycles. The van der Waals surface area contributed by atoms with E-state index in [9.17, 15) is 30.4 Å². The Labute approximate surface area is 216 Å². The van der Waals surface area contributed by atoms with Crippen molar-refractivity contribution < 1.29 is 20.1 Å². The molecule has 2 N–H and O–H groups in total. The maximum atomic E-state index is 10.9. The molecule has 0 unspecified atom stereocenters. The van der Waals surface area contributed by atoms with Crippen LogP contribution in [0.15, 0.2) is 55.1 Å². The smallest absolute Gasteiger partial charge is 0.270 e. The van der Waals surface area contributed by atoms with E-state index < -0.39 is 9.85 Å². The van der Waals surface area contributed by atoms with Crippen molar-refractivity contribution in [2.75, 3.05) is 0 Å². The number of aromatic nitrogens is 4. The number of phenolic OH excluding ortho intramolecular Hbond substituents is 2. The zero-order valence-corrected chi connectivity index (χ0v) is 20.6. The molecule has 0 saturated carbocycles. The van der Waals surface area contributed by atoms with Crippen molar-refractivity contribution in [2.24, 2.45) is 9.98 Å². The van der Waals surface area contributed by atoms with Gasteiger partial charge in [-0.25, -0.2) is 9.98 Å². The van der Waals surface area contributed by atoms with Gasteiger partial charge in [-0.2, -0.15) is 0 Å². The first kappa shape index (κ1) is 25.1. The molecule has 4 rings (SSSR count). The van der Waals surface area contributed by atoms with Crippen LogP contribution in [0.1, 0.15) is 11.1 Å². The molecule has 0 aliphatic heterocycles. The van der Waals surface area contributed by atoms with E-state index in [-0.39, 0.29) is 44.3 Å². The number of aromatic hydroxyl groups is 2. The Balaban J connectivity index is 1.36. The maximum absolute atomic E-state index is 10.9. The van der Waals surface area contributed by atoms with Gasteiger partial charge in [0.25, 0.3) is 11.4 Å². The third-order valence-electron chi connectivity index (χ3n) is 4.05. The number of hydrogen-bond acceptors (Lipinski definition) is 16. The first-order chi connectivity index (χ1) is 17.3. The molecule has 0 amide bonds. The minimum atomic E-state index is -0.574. The first-order valence-corrected chi connectivity index (χ1v) is 13.1. The molecule has 2 heterocycles. The summed E-state index contributed by atoms with van der Waals surface area (Å²) in [6, 6.07) is 7.19. The van der Waals surface area contributed by atoms with Crippen LogP contribution in [0.3, 0.4) is 0 Å². The third kappa shape index (κ3) is 6.36. The number of benzene rings is 2. The van der Waals surface area contributed by atoms with Crippen LogP contribution in [0.4, 0.5) is 21.6 Å². The number of nitro benzene ring substituents is 2. The molecule has 182 valence electrons. The normalized spacial score (nSPS) is 11.4. The number of phenols is 2. The van der Waals surface area contributed by atoms with E-state index in [0.29, 0.717) is 8.68 Å². The Morgan fingerprint density at radius 1 is 0.750 bits per heavy atom. The Kier molecular flexibility index (Phi) is 7.78. The highest BCUT2D eigenvalue weighted by atomic mass is 33.1. The molecule has 18 heteroatoms. The van der Waals surface area contributed by atoms with Crippen LogP contribution in [-0.4, -0.2) is 52.9 Å². The van der Waals surface area contributed by atoms with Crippen molar-refractivity contribution >= 4 is 78.3 Å². The molecule has 0 aliphatic rings. The van der Waals surface area contributed by atoms with Gasteiger partial charge in [-0.1, -0.05) is 22.7 Å². The summed E-state index contributed by atoms with van der Waals surface area (Å²) in [7, 11) is 2.50. The Morgan fingerprint density at radius 3 is 1.56 bits per heavy atom. The van der Waals surface area contributed by atoms with Crippen LogP contribution in [-0.2, 0) is 0 Å². The average molecular weight is 563 g/mol. The number of non-ortho nitro benzene ring substituents is 2. The van der Waals surface area contributed by atoms with Gasteiger partial charge in [0, 0.05) is 47.8 Å². The van der Waals surface area contributed by atoms with E-state index in [4.69, 9.17) is 0 Å². The number of hydrogen-bond donors (Lipinski definition) is 2. The van der Waals surface area contributed by atoms with Gasteiger partial charge in [0.1, 0.15) is 11.5 Å². The van der Waals surface area contributed by atoms with Crippen LogP contribution >= 0.6 is 44.3 Å². The van der Waals surface area contributed by atoms with Crippen LogP contribution in [0.5, 0.6) is 11.5 Å². The van der Waals surface area contributed by atoms with Crippen molar-refractivity contribution in [1.82, 2.24) is 20.4 Å². The Bertz CT molecular complexity index is 1390. The summed E-state index contributed by atoms with van der Waals surface area (Å²) < 4.78 is 1.11. The van der Waals surface area contributed by atoms with E-state index in [1.165, 1.54) is 70.4 Å². The Hall–Kier alpha value is -4.00. The number of nitrogens with zero attached hydrogens (tertiary/aromatic N) is 8. The minimum Gasteiger partial charge on any atom is -0.507 e. The maximum Gasteiger partial charge on any atom is 0.270 e. The summed E-state index contributed by atoms with van der Waals surface area (Å²) >= 11 is 2.32. The van der Waals surface area contributed by atoms with Gasteiger partial charge >= 0.3 is 0 Å². The van der Waals surface area contributed by atoms with Gasteiger partial charge in [-0.05, 0) is 33.7 Å². The summed E-state index contributed by atoms with van der Waals surface area (Å²) in [5.41, 5.74) is -0.0182. The number of nitro groups is 2. The van der Waals surface area contributed by atoms with Gasteiger partial charge < -0.3 is 10.2 Å². The van der Waals surface area contributed by atoms with Crippen LogP contribution < -0.4 is 0 Å². The molecule has 14 nitrogen and oxygen atoms in total. The Morgan fingerprint density at radius 2 is 1.17 bits per heavy atom. The summed E-state index contributed by atoms with van der Waals surface area (Å²) in [5.74, 6) is -0.316. The lowest BCUT2D eigenvalue weighted by atomic mass is 10.2. The zero-order valence-electron chi connectivity index (χ0n) is 17.4. The first-order valence-electron chi connectivity index (χ1n) is 9.33. The second-order valence-corrected chi connectivity index (χ2v) is 10.9. The predicted molar refractivity (Wildman–Crippen MR) is 136 cm³/mol. The fourth-order valence-electron chi connectivity index (χ4n) is 2.42.